The van der Waals surface area contributed by atoms with Crippen LogP contribution in [0.15, 0.2) is 42.5 Å². The second kappa shape index (κ2) is 3.70. The van der Waals surface area contributed by atoms with Crippen LogP contribution in [0.1, 0.15) is 0 Å². The van der Waals surface area contributed by atoms with Crippen molar-refractivity contribution >= 4 is 10.9 Å². The molecular formula is C14H11NO3. The van der Waals surface area contributed by atoms with Gasteiger partial charge in [-0.2, -0.15) is 0 Å². The van der Waals surface area contributed by atoms with E-state index in [0.29, 0.717) is 10.9 Å². The van der Waals surface area contributed by atoms with Crippen LogP contribution < -0.4 is 0 Å². The molecule has 0 fully saturated rings. The molecule has 3 rings (SSSR count). The molecule has 1 aromatic heterocycles. The van der Waals surface area contributed by atoms with Crippen molar-refractivity contribution in [1.29, 1.82) is 0 Å². The van der Waals surface area contributed by atoms with Gasteiger partial charge in [-0.3, -0.25) is 0 Å². The monoisotopic (exact) mass is 241 g/mol. The summed E-state index contributed by atoms with van der Waals surface area (Å²) in [4.78, 5) is 3.03. The summed E-state index contributed by atoms with van der Waals surface area (Å²) in [5, 5.41) is 29.4. The largest absolute Gasteiger partial charge is 0.508 e. The van der Waals surface area contributed by atoms with Crippen molar-refractivity contribution in [3.63, 3.8) is 0 Å². The third-order valence-corrected chi connectivity index (χ3v) is 2.91. The molecule has 0 spiro atoms. The number of aromatic hydroxyl groups is 3. The first-order valence-electron chi connectivity index (χ1n) is 5.48. The van der Waals surface area contributed by atoms with Crippen molar-refractivity contribution in [1.82, 2.24) is 4.98 Å². The van der Waals surface area contributed by atoms with E-state index in [9.17, 15) is 15.3 Å². The summed E-state index contributed by atoms with van der Waals surface area (Å²) in [6.45, 7) is 0. The maximum Gasteiger partial charge on any atom is 0.139 e. The van der Waals surface area contributed by atoms with Crippen LogP contribution >= 0.6 is 0 Å². The number of aromatic amines is 1. The number of hydrogen-bond donors (Lipinski definition) is 4. The molecule has 4 heteroatoms. The normalized spacial score (nSPS) is 10.9. The number of nitrogens with one attached hydrogen (secondary N) is 1. The van der Waals surface area contributed by atoms with Crippen LogP contribution in [0.2, 0.25) is 0 Å². The second-order valence-electron chi connectivity index (χ2n) is 4.13. The molecule has 90 valence electrons. The summed E-state index contributed by atoms with van der Waals surface area (Å²) in [6, 6.07) is 11.4. The van der Waals surface area contributed by atoms with Gasteiger partial charge in [-0.25, -0.2) is 0 Å². The molecule has 0 bridgehead atoms. The first kappa shape index (κ1) is 10.5. The van der Waals surface area contributed by atoms with E-state index >= 15 is 0 Å². The predicted molar refractivity (Wildman–Crippen MR) is 68.7 cm³/mol. The van der Waals surface area contributed by atoms with Crippen LogP contribution in [0.3, 0.4) is 0 Å². The third-order valence-electron chi connectivity index (χ3n) is 2.91. The highest BCUT2D eigenvalue weighted by Crippen LogP contribution is 2.35. The fourth-order valence-electron chi connectivity index (χ4n) is 2.02. The van der Waals surface area contributed by atoms with Gasteiger partial charge in [0.05, 0.1) is 5.52 Å². The molecule has 0 amide bonds. The average Bonchev–Trinajstić information content (AvgIpc) is 2.80. The van der Waals surface area contributed by atoms with Gasteiger partial charge in [-0.15, -0.1) is 0 Å². The SMILES string of the molecule is Oc1cccc(-c2cc3c(O)ccc(O)c3[nH]2)c1. The molecule has 0 aliphatic heterocycles. The van der Waals surface area contributed by atoms with Crippen LogP contribution in [0.4, 0.5) is 0 Å². The van der Waals surface area contributed by atoms with Crippen LogP contribution in [0.25, 0.3) is 22.2 Å². The van der Waals surface area contributed by atoms with Crippen LogP contribution in [0, 0.1) is 0 Å². The summed E-state index contributed by atoms with van der Waals surface area (Å²) in [7, 11) is 0. The summed E-state index contributed by atoms with van der Waals surface area (Å²) in [5.74, 6) is 0.347. The van der Waals surface area contributed by atoms with Gasteiger partial charge in [0.15, 0.2) is 0 Å². The molecule has 0 saturated carbocycles. The number of aromatic nitrogens is 1. The van der Waals surface area contributed by atoms with Gasteiger partial charge in [-0.05, 0) is 30.3 Å². The van der Waals surface area contributed by atoms with Crippen LogP contribution in [-0.2, 0) is 0 Å². The number of phenols is 3. The minimum Gasteiger partial charge on any atom is -0.508 e. The lowest BCUT2D eigenvalue weighted by Gasteiger charge is -1.98. The highest BCUT2D eigenvalue weighted by atomic mass is 16.3. The molecule has 1 heterocycles. The molecule has 18 heavy (non-hydrogen) atoms. The van der Waals surface area contributed by atoms with E-state index in [1.54, 1.807) is 24.3 Å². The summed E-state index contributed by atoms with van der Waals surface area (Å²) < 4.78 is 0. The minimum absolute atomic E-state index is 0.0780. The summed E-state index contributed by atoms with van der Waals surface area (Å²) in [5.41, 5.74) is 1.98. The smallest absolute Gasteiger partial charge is 0.139 e. The number of rotatable bonds is 1. The third kappa shape index (κ3) is 1.55. The average molecular weight is 241 g/mol. The van der Waals surface area contributed by atoms with Crippen molar-refractivity contribution in [2.75, 3.05) is 0 Å². The molecule has 4 nitrogen and oxygen atoms in total. The van der Waals surface area contributed by atoms with Gasteiger partial charge < -0.3 is 20.3 Å². The Hall–Kier alpha value is -2.62. The molecule has 0 radical (unpaired) electrons. The first-order chi connectivity index (χ1) is 8.65. The van der Waals surface area contributed by atoms with E-state index in [1.165, 1.54) is 12.1 Å². The van der Waals surface area contributed by atoms with Crippen molar-refractivity contribution in [2.24, 2.45) is 0 Å². The van der Waals surface area contributed by atoms with Gasteiger partial charge >= 0.3 is 0 Å². The van der Waals surface area contributed by atoms with E-state index in [1.807, 2.05) is 6.07 Å². The Balaban J connectivity index is 2.26. The van der Waals surface area contributed by atoms with Crippen molar-refractivity contribution in [3.05, 3.63) is 42.5 Å². The zero-order valence-electron chi connectivity index (χ0n) is 9.38. The topological polar surface area (TPSA) is 76.5 Å². The number of benzene rings is 2. The Morgan fingerprint density at radius 1 is 0.833 bits per heavy atom. The second-order valence-corrected chi connectivity index (χ2v) is 4.13. The Morgan fingerprint density at radius 2 is 1.61 bits per heavy atom. The van der Waals surface area contributed by atoms with Gasteiger partial charge in [-0.1, -0.05) is 12.1 Å². The van der Waals surface area contributed by atoms with Gasteiger partial charge in [0.25, 0.3) is 0 Å². The number of phenolic OH excluding ortho intramolecular Hbond substituents is 3. The summed E-state index contributed by atoms with van der Waals surface area (Å²) in [6.07, 6.45) is 0. The molecule has 0 aliphatic rings. The highest BCUT2D eigenvalue weighted by molar-refractivity contribution is 5.94. The molecule has 3 aromatic rings. The number of H-pyrrole nitrogens is 1. The molecule has 0 unspecified atom stereocenters. The van der Waals surface area contributed by atoms with E-state index in [0.717, 1.165) is 11.3 Å². The molecule has 4 N–H and O–H groups in total. The summed E-state index contributed by atoms with van der Waals surface area (Å²) >= 11 is 0. The first-order valence-corrected chi connectivity index (χ1v) is 5.48. The van der Waals surface area contributed by atoms with E-state index < -0.39 is 0 Å². The van der Waals surface area contributed by atoms with Crippen molar-refractivity contribution in [2.45, 2.75) is 0 Å². The van der Waals surface area contributed by atoms with E-state index in [4.69, 9.17) is 0 Å². The number of fused-ring (bicyclic) bond motifs is 1. The standard InChI is InChI=1S/C14H11NO3/c16-9-3-1-2-8(6-9)11-7-10-12(17)4-5-13(18)14(10)15-11/h1-7,15-18H. The van der Waals surface area contributed by atoms with Crippen molar-refractivity contribution in [3.8, 4) is 28.5 Å². The minimum atomic E-state index is 0.0780. The van der Waals surface area contributed by atoms with Crippen molar-refractivity contribution < 1.29 is 15.3 Å². The molecule has 0 saturated heterocycles. The maximum atomic E-state index is 9.73. The molecule has 2 aromatic carbocycles. The molecule has 0 aliphatic carbocycles. The van der Waals surface area contributed by atoms with E-state index in [-0.39, 0.29) is 17.2 Å². The van der Waals surface area contributed by atoms with Crippen LogP contribution in [-0.4, -0.2) is 20.3 Å². The number of hydrogen-bond acceptors (Lipinski definition) is 3. The lowest BCUT2D eigenvalue weighted by molar-refractivity contribution is 0.469. The fourth-order valence-corrected chi connectivity index (χ4v) is 2.02. The zero-order valence-corrected chi connectivity index (χ0v) is 9.38. The molecule has 0 atom stereocenters. The Bertz CT molecular complexity index is 692. The van der Waals surface area contributed by atoms with Crippen LogP contribution in [0.5, 0.6) is 17.2 Å². The quantitative estimate of drug-likeness (QED) is 0.495. The molecular weight excluding hydrogens is 230 g/mol. The Kier molecular flexibility index (Phi) is 2.16. The zero-order chi connectivity index (χ0) is 12.7. The van der Waals surface area contributed by atoms with Gasteiger partial charge in [0, 0.05) is 16.6 Å². The van der Waals surface area contributed by atoms with Gasteiger partial charge in [0.1, 0.15) is 17.2 Å². The Labute approximate surface area is 103 Å². The van der Waals surface area contributed by atoms with Gasteiger partial charge in [0.2, 0.25) is 0 Å². The highest BCUT2D eigenvalue weighted by Gasteiger charge is 2.10. The fraction of sp³-hybridized carbons (Fsp3) is 0. The predicted octanol–water partition coefficient (Wildman–Crippen LogP) is 2.95. The van der Waals surface area contributed by atoms with E-state index in [2.05, 4.69) is 4.98 Å². The maximum absolute atomic E-state index is 9.73. The lowest BCUT2D eigenvalue weighted by atomic mass is 10.1. The lowest BCUT2D eigenvalue weighted by Crippen LogP contribution is -1.76. The Morgan fingerprint density at radius 3 is 2.33 bits per heavy atom.